The molecule has 0 saturated carbocycles. The zero-order valence-electron chi connectivity index (χ0n) is 18.1. The summed E-state index contributed by atoms with van der Waals surface area (Å²) in [6.45, 7) is 2.79. The molecule has 1 aromatic rings. The van der Waals surface area contributed by atoms with Gasteiger partial charge < -0.3 is 25.0 Å². The highest BCUT2D eigenvalue weighted by atomic mass is 127. The number of nitrogens with one attached hydrogen (secondary N) is 2. The molecule has 1 aromatic carbocycles. The summed E-state index contributed by atoms with van der Waals surface area (Å²) in [5.41, 5.74) is 1.45. The van der Waals surface area contributed by atoms with E-state index in [4.69, 9.17) is 9.47 Å². The predicted molar refractivity (Wildman–Crippen MR) is 125 cm³/mol. The number of nitrogens with zero attached hydrogens (tertiary/aromatic N) is 2. The number of halogens is 4. The minimum atomic E-state index is -4.35. The van der Waals surface area contributed by atoms with Crippen LogP contribution in [0.2, 0.25) is 0 Å². The second-order valence-corrected chi connectivity index (χ2v) is 6.71. The average molecular weight is 560 g/mol. The zero-order valence-corrected chi connectivity index (χ0v) is 20.5. The van der Waals surface area contributed by atoms with Crippen LogP contribution in [0.15, 0.2) is 29.3 Å². The van der Waals surface area contributed by atoms with Gasteiger partial charge in [-0.3, -0.25) is 4.79 Å². The smallest absolute Gasteiger partial charge is 0.382 e. The van der Waals surface area contributed by atoms with Crippen LogP contribution >= 0.6 is 24.0 Å². The van der Waals surface area contributed by atoms with Crippen LogP contribution in [-0.4, -0.2) is 69.9 Å². The van der Waals surface area contributed by atoms with Crippen LogP contribution in [0.25, 0.3) is 0 Å². The van der Waals surface area contributed by atoms with Crippen LogP contribution in [0.4, 0.5) is 13.2 Å². The predicted octanol–water partition coefficient (Wildman–Crippen LogP) is 2.93. The number of aliphatic imine (C=N–C) groups is 1. The molecule has 0 bridgehead atoms. The standard InChI is InChI=1S/C20H31F3N4O3.HI/c1-4-29-10-6-9-24-19(26-13-18(28)27(2)3)25-12-16-7-5-8-17(11-16)14-30-15-20(21,22)23;/h5,7-8,11H,4,6,9-10,12-15H2,1-3H3,(H2,24,25,26);1H. The third-order valence-electron chi connectivity index (χ3n) is 3.81. The molecule has 1 amide bonds. The van der Waals surface area contributed by atoms with Crippen molar-refractivity contribution in [3.05, 3.63) is 35.4 Å². The molecule has 0 radical (unpaired) electrons. The number of benzene rings is 1. The first-order chi connectivity index (χ1) is 14.2. The summed E-state index contributed by atoms with van der Waals surface area (Å²) >= 11 is 0. The van der Waals surface area contributed by atoms with Gasteiger partial charge in [-0.2, -0.15) is 13.2 Å². The quantitative estimate of drug-likeness (QED) is 0.178. The average Bonchev–Trinajstić information content (AvgIpc) is 2.68. The van der Waals surface area contributed by atoms with Crippen LogP contribution in [0, 0.1) is 0 Å². The Labute approximate surface area is 198 Å². The van der Waals surface area contributed by atoms with E-state index in [2.05, 4.69) is 15.6 Å². The van der Waals surface area contributed by atoms with Gasteiger partial charge >= 0.3 is 6.18 Å². The van der Waals surface area contributed by atoms with Crippen LogP contribution in [-0.2, 0) is 27.4 Å². The normalized spacial score (nSPS) is 11.6. The van der Waals surface area contributed by atoms with E-state index >= 15 is 0 Å². The molecule has 0 fully saturated rings. The van der Waals surface area contributed by atoms with E-state index in [1.165, 1.54) is 4.90 Å². The van der Waals surface area contributed by atoms with E-state index < -0.39 is 12.8 Å². The highest BCUT2D eigenvalue weighted by Gasteiger charge is 2.27. The fraction of sp³-hybridized carbons (Fsp3) is 0.600. The van der Waals surface area contributed by atoms with Crippen molar-refractivity contribution in [3.8, 4) is 0 Å². The Kier molecular flexibility index (Phi) is 15.3. The van der Waals surface area contributed by atoms with Gasteiger partial charge in [0.15, 0.2) is 5.96 Å². The van der Waals surface area contributed by atoms with Crippen molar-refractivity contribution in [2.75, 3.05) is 47.0 Å². The van der Waals surface area contributed by atoms with Crippen molar-refractivity contribution >= 4 is 35.8 Å². The Bertz CT molecular complexity index is 673. The van der Waals surface area contributed by atoms with Crippen molar-refractivity contribution in [3.63, 3.8) is 0 Å². The lowest BCUT2D eigenvalue weighted by atomic mass is 10.1. The molecule has 0 aliphatic carbocycles. The molecule has 0 aliphatic rings. The maximum absolute atomic E-state index is 12.2. The Balaban J connectivity index is 0.00000900. The van der Waals surface area contributed by atoms with Crippen molar-refractivity contribution in [1.82, 2.24) is 15.5 Å². The van der Waals surface area contributed by atoms with Gasteiger partial charge in [-0.15, -0.1) is 24.0 Å². The summed E-state index contributed by atoms with van der Waals surface area (Å²) in [7, 11) is 3.34. The molecule has 2 N–H and O–H groups in total. The molecule has 7 nitrogen and oxygen atoms in total. The fourth-order valence-electron chi connectivity index (χ4n) is 2.29. The Morgan fingerprint density at radius 2 is 1.87 bits per heavy atom. The van der Waals surface area contributed by atoms with Crippen molar-refractivity contribution in [2.24, 2.45) is 4.99 Å². The van der Waals surface area contributed by atoms with Gasteiger partial charge in [0.1, 0.15) is 6.61 Å². The first-order valence-corrected chi connectivity index (χ1v) is 9.73. The maximum atomic E-state index is 12.2. The Morgan fingerprint density at radius 1 is 1.16 bits per heavy atom. The SMILES string of the molecule is CCOCCCNC(=NCc1cccc(COCC(F)(F)F)c1)NCC(=O)N(C)C.I. The molecule has 0 aromatic heterocycles. The zero-order chi connectivity index (χ0) is 22.4. The Morgan fingerprint density at radius 3 is 2.52 bits per heavy atom. The second kappa shape index (κ2) is 16.1. The lowest BCUT2D eigenvalue weighted by molar-refractivity contribution is -0.176. The molecule has 178 valence electrons. The molecule has 0 saturated heterocycles. The molecular formula is C20H32F3IN4O3. The number of guanidine groups is 1. The van der Waals surface area contributed by atoms with Gasteiger partial charge in [0.2, 0.25) is 5.91 Å². The first-order valence-electron chi connectivity index (χ1n) is 9.73. The molecular weight excluding hydrogens is 528 g/mol. The lowest BCUT2D eigenvalue weighted by Gasteiger charge is -2.15. The molecule has 0 atom stereocenters. The van der Waals surface area contributed by atoms with E-state index in [1.54, 1.807) is 32.3 Å². The van der Waals surface area contributed by atoms with Gasteiger partial charge in [0.25, 0.3) is 0 Å². The molecule has 31 heavy (non-hydrogen) atoms. The maximum Gasteiger partial charge on any atom is 0.411 e. The molecule has 11 heteroatoms. The van der Waals surface area contributed by atoms with E-state index in [9.17, 15) is 18.0 Å². The summed E-state index contributed by atoms with van der Waals surface area (Å²) in [5, 5.41) is 6.13. The number of ether oxygens (including phenoxy) is 2. The number of carbonyl (C=O) groups excluding carboxylic acids is 1. The monoisotopic (exact) mass is 560 g/mol. The van der Waals surface area contributed by atoms with E-state index in [0.717, 1.165) is 12.0 Å². The minimum absolute atomic E-state index is 0. The fourth-order valence-corrected chi connectivity index (χ4v) is 2.29. The molecule has 0 heterocycles. The van der Waals surface area contributed by atoms with Gasteiger partial charge in [-0.25, -0.2) is 4.99 Å². The molecule has 0 unspecified atom stereocenters. The number of hydrogen-bond acceptors (Lipinski definition) is 4. The highest BCUT2D eigenvalue weighted by molar-refractivity contribution is 14.0. The molecule has 1 rings (SSSR count). The van der Waals surface area contributed by atoms with Crippen LogP contribution in [0.3, 0.4) is 0 Å². The van der Waals surface area contributed by atoms with Gasteiger partial charge in [-0.05, 0) is 24.5 Å². The molecule has 0 aliphatic heterocycles. The summed E-state index contributed by atoms with van der Waals surface area (Å²) in [4.78, 5) is 17.8. The first kappa shape index (κ1) is 29.4. The summed E-state index contributed by atoms with van der Waals surface area (Å²) in [6, 6.07) is 7.02. The van der Waals surface area contributed by atoms with Gasteiger partial charge in [0.05, 0.1) is 19.7 Å². The van der Waals surface area contributed by atoms with Crippen molar-refractivity contribution in [1.29, 1.82) is 0 Å². The van der Waals surface area contributed by atoms with E-state index in [-0.39, 0.29) is 43.0 Å². The summed E-state index contributed by atoms with van der Waals surface area (Å²) < 4.78 is 46.6. The van der Waals surface area contributed by atoms with Gasteiger partial charge in [0, 0.05) is 33.9 Å². The number of hydrogen-bond donors (Lipinski definition) is 2. The third kappa shape index (κ3) is 14.9. The highest BCUT2D eigenvalue weighted by Crippen LogP contribution is 2.16. The number of carbonyl (C=O) groups is 1. The minimum Gasteiger partial charge on any atom is -0.382 e. The number of likely N-dealkylation sites (N-methyl/N-ethyl adjacent to an activating group) is 1. The Hall–Kier alpha value is -1.60. The largest absolute Gasteiger partial charge is 0.411 e. The van der Waals surface area contributed by atoms with Crippen molar-refractivity contribution in [2.45, 2.75) is 32.7 Å². The van der Waals surface area contributed by atoms with E-state index in [0.29, 0.717) is 37.8 Å². The van der Waals surface area contributed by atoms with Crippen molar-refractivity contribution < 1.29 is 27.4 Å². The number of alkyl halides is 3. The van der Waals surface area contributed by atoms with Crippen LogP contribution in [0.5, 0.6) is 0 Å². The summed E-state index contributed by atoms with van der Waals surface area (Å²) in [6.07, 6.45) is -3.57. The second-order valence-electron chi connectivity index (χ2n) is 6.71. The van der Waals surface area contributed by atoms with Crippen LogP contribution in [0.1, 0.15) is 24.5 Å². The third-order valence-corrected chi connectivity index (χ3v) is 3.81. The van der Waals surface area contributed by atoms with Crippen LogP contribution < -0.4 is 10.6 Å². The molecule has 0 spiro atoms. The van der Waals surface area contributed by atoms with E-state index in [1.807, 2.05) is 13.0 Å². The van der Waals surface area contributed by atoms with Gasteiger partial charge in [-0.1, -0.05) is 24.3 Å². The lowest BCUT2D eigenvalue weighted by Crippen LogP contribution is -2.43. The number of rotatable bonds is 12. The summed E-state index contributed by atoms with van der Waals surface area (Å²) in [5.74, 6) is 0.378. The topological polar surface area (TPSA) is 75.2 Å². The number of amides is 1.